The monoisotopic (exact) mass is 533 g/mol. The number of hydrogen-bond acceptors (Lipinski definition) is 5. The first kappa shape index (κ1) is 28.1. The van der Waals surface area contributed by atoms with Crippen LogP contribution >= 0.6 is 0 Å². The zero-order chi connectivity index (χ0) is 27.8. The molecule has 11 heteroatoms. The minimum absolute atomic E-state index is 0.0136. The van der Waals surface area contributed by atoms with Crippen LogP contribution in [0, 0.1) is 5.82 Å². The topological polar surface area (TPSA) is 127 Å². The van der Waals surface area contributed by atoms with Crippen molar-refractivity contribution in [2.24, 2.45) is 0 Å². The van der Waals surface area contributed by atoms with Crippen molar-refractivity contribution in [3.05, 3.63) is 54.0 Å². The molecule has 0 aliphatic heterocycles. The van der Waals surface area contributed by atoms with E-state index in [9.17, 15) is 27.5 Å². The lowest BCUT2D eigenvalue weighted by Gasteiger charge is -2.22. The smallest absolute Gasteiger partial charge is 0.416 e. The third-order valence-electron chi connectivity index (χ3n) is 5.35. The van der Waals surface area contributed by atoms with Gasteiger partial charge in [0, 0.05) is 35.1 Å². The first-order valence-corrected chi connectivity index (χ1v) is 13.1. The molecule has 9 nitrogen and oxygen atoms in total. The maximum absolute atomic E-state index is 14.1. The second-order valence-electron chi connectivity index (χ2n) is 10.6. The highest BCUT2D eigenvalue weighted by molar-refractivity contribution is 7.89. The van der Waals surface area contributed by atoms with Crippen molar-refractivity contribution in [2.45, 2.75) is 57.5 Å². The normalized spacial score (nSPS) is 12.5. The lowest BCUT2D eigenvalue weighted by molar-refractivity contribution is 0.0528. The molecule has 37 heavy (non-hydrogen) atoms. The van der Waals surface area contributed by atoms with Gasteiger partial charge in [-0.1, -0.05) is 32.9 Å². The van der Waals surface area contributed by atoms with Crippen LogP contribution in [0.2, 0.25) is 0 Å². The first-order valence-electron chi connectivity index (χ1n) is 11.7. The number of benzene rings is 2. The van der Waals surface area contributed by atoms with Crippen molar-refractivity contribution in [1.29, 1.82) is 0 Å². The molecule has 3 N–H and O–H groups in total. The maximum Gasteiger partial charge on any atom is 0.416 e. The summed E-state index contributed by atoms with van der Waals surface area (Å²) in [6.07, 6.45) is -1.93. The number of carbonyl (C=O) groups is 2. The second kappa shape index (κ2) is 10.1. The van der Waals surface area contributed by atoms with Crippen LogP contribution < -0.4 is 10.0 Å². The second-order valence-corrected chi connectivity index (χ2v) is 12.4. The number of amides is 1. The van der Waals surface area contributed by atoms with E-state index in [0.717, 1.165) is 10.6 Å². The Morgan fingerprint density at radius 1 is 1.03 bits per heavy atom. The molecule has 0 aliphatic rings. The highest BCUT2D eigenvalue weighted by atomic mass is 32.2. The van der Waals surface area contributed by atoms with Crippen molar-refractivity contribution in [2.75, 3.05) is 13.1 Å². The molecular weight excluding hydrogens is 501 g/mol. The van der Waals surface area contributed by atoms with Gasteiger partial charge in [-0.2, -0.15) is 0 Å². The van der Waals surface area contributed by atoms with Gasteiger partial charge >= 0.3 is 12.2 Å². The molecule has 0 aliphatic carbocycles. The number of carboxylic acid groups (broad SMARTS) is 1. The Balaban J connectivity index is 1.98. The van der Waals surface area contributed by atoms with Crippen molar-refractivity contribution < 1.29 is 32.2 Å². The fourth-order valence-corrected chi connectivity index (χ4v) is 5.11. The van der Waals surface area contributed by atoms with E-state index < -0.39 is 39.0 Å². The standard InChI is InChI=1S/C26H32FN3O6S/c1-25(2,3)22-21(19-11-10-17(27)15-20(19)30(22)24(32)33)16-8-7-9-18(14-16)37(34,35)29-13-12-28-23(31)36-26(4,5)6/h7-11,14-15,29H,12-13H2,1-6H3,(H,28,31)(H,32,33). The van der Waals surface area contributed by atoms with Crippen LogP contribution in [0.4, 0.5) is 14.0 Å². The van der Waals surface area contributed by atoms with E-state index in [1.165, 1.54) is 24.3 Å². The lowest BCUT2D eigenvalue weighted by atomic mass is 9.86. The third kappa shape index (κ3) is 6.47. The summed E-state index contributed by atoms with van der Waals surface area (Å²) < 4.78 is 48.7. The van der Waals surface area contributed by atoms with E-state index >= 15 is 0 Å². The van der Waals surface area contributed by atoms with Crippen LogP contribution in [0.1, 0.15) is 47.2 Å². The lowest BCUT2D eigenvalue weighted by Crippen LogP contribution is -2.37. The number of halogens is 1. The van der Waals surface area contributed by atoms with E-state index in [4.69, 9.17) is 4.74 Å². The van der Waals surface area contributed by atoms with E-state index in [2.05, 4.69) is 10.0 Å². The summed E-state index contributed by atoms with van der Waals surface area (Å²) in [4.78, 5) is 24.0. The summed E-state index contributed by atoms with van der Waals surface area (Å²) in [7, 11) is -3.97. The number of aromatic nitrogens is 1. The summed E-state index contributed by atoms with van der Waals surface area (Å²) in [5.41, 5.74) is 0.205. The number of fused-ring (bicyclic) bond motifs is 1. The number of ether oxygens (including phenoxy) is 1. The van der Waals surface area contributed by atoms with Crippen LogP contribution in [-0.4, -0.2) is 49.0 Å². The zero-order valence-corrected chi connectivity index (χ0v) is 22.5. The average Bonchev–Trinajstić information content (AvgIpc) is 3.11. The summed E-state index contributed by atoms with van der Waals surface area (Å²) in [6, 6.07) is 10.00. The minimum atomic E-state index is -3.97. The van der Waals surface area contributed by atoms with Gasteiger partial charge in [-0.25, -0.2) is 31.7 Å². The van der Waals surface area contributed by atoms with Gasteiger partial charge in [-0.05, 0) is 56.7 Å². The quantitative estimate of drug-likeness (QED) is 0.380. The molecule has 3 aromatic rings. The summed E-state index contributed by atoms with van der Waals surface area (Å²) in [6.45, 7) is 10.6. The highest BCUT2D eigenvalue weighted by Gasteiger charge is 2.31. The van der Waals surface area contributed by atoms with Gasteiger partial charge in [0.2, 0.25) is 10.0 Å². The summed E-state index contributed by atoms with van der Waals surface area (Å²) >= 11 is 0. The molecule has 200 valence electrons. The Kier molecular flexibility index (Phi) is 7.71. The number of hydrogen-bond donors (Lipinski definition) is 3. The van der Waals surface area contributed by atoms with Gasteiger partial charge in [0.25, 0.3) is 0 Å². The third-order valence-corrected chi connectivity index (χ3v) is 6.81. The Labute approximate surface area is 215 Å². The van der Waals surface area contributed by atoms with Crippen LogP contribution in [0.5, 0.6) is 0 Å². The zero-order valence-electron chi connectivity index (χ0n) is 21.7. The number of carbonyl (C=O) groups excluding carboxylic acids is 1. The largest absolute Gasteiger partial charge is 0.464 e. The van der Waals surface area contributed by atoms with Crippen molar-refractivity contribution >= 4 is 33.1 Å². The van der Waals surface area contributed by atoms with Gasteiger partial charge in [0.15, 0.2) is 0 Å². The fraction of sp³-hybridized carbons (Fsp3) is 0.385. The molecule has 0 saturated carbocycles. The molecule has 0 saturated heterocycles. The van der Waals surface area contributed by atoms with Crippen LogP contribution in [-0.2, 0) is 20.2 Å². The Morgan fingerprint density at radius 2 is 1.70 bits per heavy atom. The Morgan fingerprint density at radius 3 is 2.30 bits per heavy atom. The molecule has 0 atom stereocenters. The number of rotatable bonds is 6. The molecule has 0 unspecified atom stereocenters. The number of sulfonamides is 1. The molecule has 0 spiro atoms. The molecule has 3 rings (SSSR count). The minimum Gasteiger partial charge on any atom is -0.464 e. The molecule has 1 amide bonds. The number of nitrogens with one attached hydrogen (secondary N) is 2. The van der Waals surface area contributed by atoms with Crippen LogP contribution in [0.25, 0.3) is 22.0 Å². The van der Waals surface area contributed by atoms with E-state index in [-0.39, 0.29) is 23.5 Å². The highest BCUT2D eigenvalue weighted by Crippen LogP contribution is 2.41. The van der Waals surface area contributed by atoms with Gasteiger partial charge in [0.1, 0.15) is 11.4 Å². The van der Waals surface area contributed by atoms with E-state index in [1.54, 1.807) is 32.9 Å². The molecular formula is C26H32FN3O6S. The molecule has 0 radical (unpaired) electrons. The molecule has 2 aromatic carbocycles. The van der Waals surface area contributed by atoms with Gasteiger partial charge in [-0.15, -0.1) is 0 Å². The van der Waals surface area contributed by atoms with Gasteiger partial charge in [-0.3, -0.25) is 0 Å². The predicted molar refractivity (Wildman–Crippen MR) is 139 cm³/mol. The molecule has 1 aromatic heterocycles. The van der Waals surface area contributed by atoms with E-state index in [1.807, 2.05) is 20.8 Å². The molecule has 1 heterocycles. The summed E-state index contributed by atoms with van der Waals surface area (Å²) in [5.74, 6) is -0.583. The average molecular weight is 534 g/mol. The summed E-state index contributed by atoms with van der Waals surface area (Å²) in [5, 5.41) is 12.9. The molecule has 0 fully saturated rings. The van der Waals surface area contributed by atoms with Gasteiger partial charge < -0.3 is 15.2 Å². The van der Waals surface area contributed by atoms with Crippen LogP contribution in [0.15, 0.2) is 47.4 Å². The van der Waals surface area contributed by atoms with Crippen molar-refractivity contribution in [3.63, 3.8) is 0 Å². The van der Waals surface area contributed by atoms with Gasteiger partial charge in [0.05, 0.1) is 10.4 Å². The van der Waals surface area contributed by atoms with Crippen molar-refractivity contribution in [1.82, 2.24) is 14.6 Å². The van der Waals surface area contributed by atoms with Crippen molar-refractivity contribution in [3.8, 4) is 11.1 Å². The molecule has 0 bridgehead atoms. The first-order chi connectivity index (χ1) is 17.0. The number of alkyl carbamates (subject to hydrolysis) is 1. The SMILES string of the molecule is CC(C)(C)OC(=O)NCCNS(=O)(=O)c1cccc(-c2c(C(C)(C)C)n(C(=O)O)c3cc(F)ccc23)c1. The number of nitrogens with zero attached hydrogens (tertiary/aromatic N) is 1. The Hall–Kier alpha value is -3.44. The van der Waals surface area contributed by atoms with Crippen LogP contribution in [0.3, 0.4) is 0 Å². The Bertz CT molecular complexity index is 1450. The predicted octanol–water partition coefficient (Wildman–Crippen LogP) is 5.07. The maximum atomic E-state index is 14.1. The van der Waals surface area contributed by atoms with E-state index in [0.29, 0.717) is 22.2 Å². The fourth-order valence-electron chi connectivity index (χ4n) is 4.03.